The van der Waals surface area contributed by atoms with E-state index in [2.05, 4.69) is 0 Å². The second-order valence-corrected chi connectivity index (χ2v) is 5.40. The Hall–Kier alpha value is -2.01. The maximum absolute atomic E-state index is 5.75. The molecule has 0 aromatic heterocycles. The summed E-state index contributed by atoms with van der Waals surface area (Å²) in [5, 5.41) is 0. The minimum Gasteiger partial charge on any atom is -0.496 e. The number of thioether (sulfide) groups is 1. The predicted molar refractivity (Wildman–Crippen MR) is 79.5 cm³/mol. The normalized spacial score (nSPS) is 12.4. The van der Waals surface area contributed by atoms with Gasteiger partial charge in [-0.1, -0.05) is 6.07 Å². The minimum atomic E-state index is 0.303. The molecular weight excluding hydrogens is 274 g/mol. The second-order valence-electron chi connectivity index (χ2n) is 4.39. The number of hydrogen-bond donors (Lipinski definition) is 1. The fraction of sp³-hybridized carbons (Fsp3) is 0.200. The molecule has 1 aliphatic rings. The summed E-state index contributed by atoms with van der Waals surface area (Å²) in [6, 6.07) is 11.7. The molecule has 0 unspecified atom stereocenters. The van der Waals surface area contributed by atoms with E-state index >= 15 is 0 Å². The fourth-order valence-electron chi connectivity index (χ4n) is 2.00. The summed E-state index contributed by atoms with van der Waals surface area (Å²) in [6.07, 6.45) is 0. The van der Waals surface area contributed by atoms with Gasteiger partial charge in [0.1, 0.15) is 5.75 Å². The third-order valence-electron chi connectivity index (χ3n) is 3.02. The van der Waals surface area contributed by atoms with Crippen molar-refractivity contribution in [2.45, 2.75) is 10.6 Å². The molecule has 0 saturated heterocycles. The lowest BCUT2D eigenvalue weighted by molar-refractivity contribution is 0.174. The first-order valence-electron chi connectivity index (χ1n) is 6.21. The fourth-order valence-corrected chi connectivity index (χ4v) is 2.95. The van der Waals surface area contributed by atoms with Crippen molar-refractivity contribution < 1.29 is 14.2 Å². The summed E-state index contributed by atoms with van der Waals surface area (Å²) in [6.45, 7) is 0.303. The van der Waals surface area contributed by atoms with E-state index in [1.165, 1.54) is 5.56 Å². The average Bonchev–Trinajstić information content (AvgIpc) is 2.93. The van der Waals surface area contributed by atoms with Gasteiger partial charge in [0.05, 0.1) is 7.11 Å². The standard InChI is InChI=1S/C15H15NO3S/c1-17-14-7-11(16)3-5-15(14)20-8-10-2-4-12-13(6-10)19-9-18-12/h2-7H,8-9,16H2,1H3. The molecule has 104 valence electrons. The quantitative estimate of drug-likeness (QED) is 0.691. The molecule has 0 aliphatic carbocycles. The summed E-state index contributed by atoms with van der Waals surface area (Å²) >= 11 is 1.70. The lowest BCUT2D eigenvalue weighted by Crippen LogP contribution is -1.93. The zero-order valence-electron chi connectivity index (χ0n) is 11.1. The highest BCUT2D eigenvalue weighted by Gasteiger charge is 2.13. The van der Waals surface area contributed by atoms with E-state index in [9.17, 15) is 0 Å². The molecule has 1 heterocycles. The van der Waals surface area contributed by atoms with E-state index in [0.717, 1.165) is 27.9 Å². The highest BCUT2D eigenvalue weighted by atomic mass is 32.2. The first kappa shape index (κ1) is 13.0. The topological polar surface area (TPSA) is 53.7 Å². The first-order chi connectivity index (χ1) is 9.76. The number of hydrogen-bond acceptors (Lipinski definition) is 5. The largest absolute Gasteiger partial charge is 0.496 e. The zero-order chi connectivity index (χ0) is 13.9. The van der Waals surface area contributed by atoms with Gasteiger partial charge in [-0.25, -0.2) is 0 Å². The number of fused-ring (bicyclic) bond motifs is 1. The summed E-state index contributed by atoms with van der Waals surface area (Å²) in [7, 11) is 1.65. The van der Waals surface area contributed by atoms with Gasteiger partial charge >= 0.3 is 0 Å². The SMILES string of the molecule is COc1cc(N)ccc1SCc1ccc2c(c1)OCO2. The molecule has 0 bridgehead atoms. The van der Waals surface area contributed by atoms with Crippen LogP contribution in [0.15, 0.2) is 41.3 Å². The summed E-state index contributed by atoms with van der Waals surface area (Å²) in [5.74, 6) is 3.25. The molecule has 20 heavy (non-hydrogen) atoms. The molecule has 2 N–H and O–H groups in total. The van der Waals surface area contributed by atoms with Gasteiger partial charge in [0.15, 0.2) is 11.5 Å². The van der Waals surface area contributed by atoms with E-state index in [0.29, 0.717) is 12.5 Å². The van der Waals surface area contributed by atoms with Crippen molar-refractivity contribution in [3.8, 4) is 17.2 Å². The van der Waals surface area contributed by atoms with Crippen LogP contribution in [0.5, 0.6) is 17.2 Å². The van der Waals surface area contributed by atoms with Crippen LogP contribution in [0.3, 0.4) is 0 Å². The van der Waals surface area contributed by atoms with Gasteiger partial charge in [0, 0.05) is 22.4 Å². The Morgan fingerprint density at radius 1 is 1.15 bits per heavy atom. The van der Waals surface area contributed by atoms with Crippen molar-refractivity contribution in [2.75, 3.05) is 19.6 Å². The van der Waals surface area contributed by atoms with Gasteiger partial charge in [0.2, 0.25) is 6.79 Å². The van der Waals surface area contributed by atoms with Gasteiger partial charge in [-0.15, -0.1) is 11.8 Å². The van der Waals surface area contributed by atoms with Crippen molar-refractivity contribution in [1.82, 2.24) is 0 Å². The molecule has 0 radical (unpaired) electrons. The Morgan fingerprint density at radius 3 is 2.85 bits per heavy atom. The number of ether oxygens (including phenoxy) is 3. The average molecular weight is 289 g/mol. The van der Waals surface area contributed by atoms with E-state index in [1.54, 1.807) is 18.9 Å². The number of benzene rings is 2. The summed E-state index contributed by atoms with van der Waals surface area (Å²) < 4.78 is 16.0. The number of methoxy groups -OCH3 is 1. The Bertz CT molecular complexity index is 631. The molecule has 0 spiro atoms. The molecule has 0 fully saturated rings. The molecular formula is C15H15NO3S. The molecule has 2 aromatic carbocycles. The van der Waals surface area contributed by atoms with Crippen molar-refractivity contribution in [1.29, 1.82) is 0 Å². The van der Waals surface area contributed by atoms with Crippen molar-refractivity contribution in [2.24, 2.45) is 0 Å². The maximum atomic E-state index is 5.75. The number of rotatable bonds is 4. The van der Waals surface area contributed by atoms with Crippen molar-refractivity contribution in [3.63, 3.8) is 0 Å². The lowest BCUT2D eigenvalue weighted by Gasteiger charge is -2.09. The number of nitrogen functional groups attached to an aromatic ring is 1. The maximum Gasteiger partial charge on any atom is 0.231 e. The van der Waals surface area contributed by atoms with E-state index < -0.39 is 0 Å². The van der Waals surface area contributed by atoms with Crippen LogP contribution in [0.2, 0.25) is 0 Å². The third kappa shape index (κ3) is 2.63. The van der Waals surface area contributed by atoms with Gasteiger partial charge in [-0.3, -0.25) is 0 Å². The van der Waals surface area contributed by atoms with Gasteiger partial charge < -0.3 is 19.9 Å². The molecule has 5 heteroatoms. The molecule has 0 amide bonds. The Kier molecular flexibility index (Phi) is 3.60. The van der Waals surface area contributed by atoms with Gasteiger partial charge in [-0.2, -0.15) is 0 Å². The Morgan fingerprint density at radius 2 is 2.00 bits per heavy atom. The van der Waals surface area contributed by atoms with Crippen molar-refractivity contribution >= 4 is 17.4 Å². The number of nitrogens with two attached hydrogens (primary N) is 1. The van der Waals surface area contributed by atoms with E-state index in [1.807, 2.05) is 36.4 Å². The highest BCUT2D eigenvalue weighted by molar-refractivity contribution is 7.98. The van der Waals surface area contributed by atoms with Gasteiger partial charge in [0.25, 0.3) is 0 Å². The van der Waals surface area contributed by atoms with Crippen LogP contribution < -0.4 is 19.9 Å². The third-order valence-corrected chi connectivity index (χ3v) is 4.14. The van der Waals surface area contributed by atoms with Crippen LogP contribution in [0, 0.1) is 0 Å². The van der Waals surface area contributed by atoms with Crippen molar-refractivity contribution in [3.05, 3.63) is 42.0 Å². The van der Waals surface area contributed by atoms with Gasteiger partial charge in [-0.05, 0) is 29.8 Å². The molecule has 3 rings (SSSR count). The molecule has 1 aliphatic heterocycles. The smallest absolute Gasteiger partial charge is 0.231 e. The van der Waals surface area contributed by atoms with E-state index in [4.69, 9.17) is 19.9 Å². The zero-order valence-corrected chi connectivity index (χ0v) is 11.9. The molecule has 2 aromatic rings. The highest BCUT2D eigenvalue weighted by Crippen LogP contribution is 2.36. The second kappa shape index (κ2) is 5.54. The Labute approximate surface area is 121 Å². The minimum absolute atomic E-state index is 0.303. The molecule has 0 saturated carbocycles. The van der Waals surface area contributed by atoms with E-state index in [-0.39, 0.29) is 0 Å². The summed E-state index contributed by atoms with van der Waals surface area (Å²) in [4.78, 5) is 1.07. The van der Waals surface area contributed by atoms with Crippen LogP contribution in [-0.2, 0) is 5.75 Å². The predicted octanol–water partition coefficient (Wildman–Crippen LogP) is 3.30. The molecule has 4 nitrogen and oxygen atoms in total. The molecule has 0 atom stereocenters. The lowest BCUT2D eigenvalue weighted by atomic mass is 10.2. The summed E-state index contributed by atoms with van der Waals surface area (Å²) in [5.41, 5.74) is 7.63. The number of anilines is 1. The van der Waals surface area contributed by atoms with Crippen LogP contribution in [0.4, 0.5) is 5.69 Å². The van der Waals surface area contributed by atoms with Crippen LogP contribution in [0.25, 0.3) is 0 Å². The van der Waals surface area contributed by atoms with Crippen LogP contribution in [-0.4, -0.2) is 13.9 Å². The Balaban J connectivity index is 1.73. The van der Waals surface area contributed by atoms with Crippen LogP contribution in [0.1, 0.15) is 5.56 Å². The first-order valence-corrected chi connectivity index (χ1v) is 7.19. The monoisotopic (exact) mass is 289 g/mol. The van der Waals surface area contributed by atoms with Crippen LogP contribution >= 0.6 is 11.8 Å².